The molecule has 0 unspecified atom stereocenters. The maximum absolute atomic E-state index is 5.86. The van der Waals surface area contributed by atoms with E-state index in [0.29, 0.717) is 12.3 Å². The van der Waals surface area contributed by atoms with Crippen molar-refractivity contribution in [2.24, 2.45) is 0 Å². The number of aryl methyl sites for hydroxylation is 1. The summed E-state index contributed by atoms with van der Waals surface area (Å²) in [5.74, 6) is 7.35. The van der Waals surface area contributed by atoms with Crippen molar-refractivity contribution in [2.75, 3.05) is 12.3 Å². The number of benzene rings is 1. The van der Waals surface area contributed by atoms with Gasteiger partial charge in [0.1, 0.15) is 5.75 Å². The maximum Gasteiger partial charge on any atom is 0.220 e. The van der Waals surface area contributed by atoms with Crippen molar-refractivity contribution < 1.29 is 4.74 Å². The third-order valence-electron chi connectivity index (χ3n) is 3.70. The topological polar surface area (TPSA) is 73.9 Å². The van der Waals surface area contributed by atoms with E-state index < -0.39 is 0 Å². The van der Waals surface area contributed by atoms with Crippen molar-refractivity contribution in [1.82, 2.24) is 15.0 Å². The van der Waals surface area contributed by atoms with Crippen LogP contribution < -0.4 is 10.5 Å². The molecule has 3 rings (SSSR count). The van der Waals surface area contributed by atoms with Crippen LogP contribution in [0.25, 0.3) is 11.3 Å². The van der Waals surface area contributed by atoms with Gasteiger partial charge in [0.2, 0.25) is 5.95 Å². The fourth-order valence-corrected chi connectivity index (χ4v) is 2.45. The second-order valence-corrected chi connectivity index (χ2v) is 5.76. The third-order valence-corrected chi connectivity index (χ3v) is 3.70. The summed E-state index contributed by atoms with van der Waals surface area (Å²) in [5, 5.41) is 0. The van der Waals surface area contributed by atoms with Crippen LogP contribution in [0.3, 0.4) is 0 Å². The fourth-order valence-electron chi connectivity index (χ4n) is 2.45. The SMILES string of the molecule is CCCOc1ccc(-c2nc(N)nc(C)c2C#Cc2cccnc2)cc1. The van der Waals surface area contributed by atoms with Crippen molar-refractivity contribution in [3.63, 3.8) is 0 Å². The Bertz CT molecular complexity index is 941. The van der Waals surface area contributed by atoms with Crippen LogP contribution in [-0.2, 0) is 0 Å². The molecule has 0 fully saturated rings. The molecule has 5 nitrogen and oxygen atoms in total. The summed E-state index contributed by atoms with van der Waals surface area (Å²) in [5.41, 5.74) is 9.83. The van der Waals surface area contributed by atoms with Crippen LogP contribution in [-0.4, -0.2) is 21.6 Å². The Balaban J connectivity index is 2.00. The molecular weight excluding hydrogens is 324 g/mol. The molecule has 0 saturated carbocycles. The number of anilines is 1. The largest absolute Gasteiger partial charge is 0.494 e. The molecule has 0 radical (unpaired) electrons. The van der Waals surface area contributed by atoms with Crippen LogP contribution in [0.2, 0.25) is 0 Å². The van der Waals surface area contributed by atoms with Crippen LogP contribution in [0.15, 0.2) is 48.8 Å². The highest BCUT2D eigenvalue weighted by Gasteiger charge is 2.11. The molecule has 0 saturated heterocycles. The van der Waals surface area contributed by atoms with Crippen LogP contribution in [0, 0.1) is 18.8 Å². The van der Waals surface area contributed by atoms with Gasteiger partial charge in [-0.15, -0.1) is 0 Å². The lowest BCUT2D eigenvalue weighted by Gasteiger charge is -2.09. The summed E-state index contributed by atoms with van der Waals surface area (Å²) in [6, 6.07) is 11.5. The van der Waals surface area contributed by atoms with Crippen molar-refractivity contribution >= 4 is 5.95 Å². The normalized spacial score (nSPS) is 10.1. The highest BCUT2D eigenvalue weighted by atomic mass is 16.5. The van der Waals surface area contributed by atoms with Gasteiger partial charge in [0, 0.05) is 23.5 Å². The molecule has 0 aliphatic carbocycles. The van der Waals surface area contributed by atoms with E-state index in [1.807, 2.05) is 43.3 Å². The van der Waals surface area contributed by atoms with Gasteiger partial charge in [-0.1, -0.05) is 18.8 Å². The summed E-state index contributed by atoms with van der Waals surface area (Å²) in [6.45, 7) is 4.66. The Morgan fingerprint density at radius 2 is 1.88 bits per heavy atom. The van der Waals surface area contributed by atoms with E-state index in [-0.39, 0.29) is 5.95 Å². The predicted octanol–water partition coefficient (Wildman–Crippen LogP) is 3.62. The average molecular weight is 344 g/mol. The molecule has 2 heterocycles. The zero-order valence-electron chi connectivity index (χ0n) is 14.9. The maximum atomic E-state index is 5.86. The molecule has 3 aromatic rings. The fraction of sp³-hybridized carbons (Fsp3) is 0.190. The minimum Gasteiger partial charge on any atom is -0.494 e. The molecule has 0 bridgehead atoms. The number of ether oxygens (including phenoxy) is 1. The molecule has 5 heteroatoms. The molecule has 2 N–H and O–H groups in total. The van der Waals surface area contributed by atoms with Crippen LogP contribution >= 0.6 is 0 Å². The summed E-state index contributed by atoms with van der Waals surface area (Å²) >= 11 is 0. The van der Waals surface area contributed by atoms with Gasteiger partial charge in [-0.3, -0.25) is 4.98 Å². The molecule has 2 aromatic heterocycles. The molecule has 0 aliphatic rings. The Hall–Kier alpha value is -3.39. The molecule has 0 spiro atoms. The van der Waals surface area contributed by atoms with Crippen molar-refractivity contribution in [1.29, 1.82) is 0 Å². The quantitative estimate of drug-likeness (QED) is 0.732. The first-order valence-corrected chi connectivity index (χ1v) is 8.46. The highest BCUT2D eigenvalue weighted by Crippen LogP contribution is 2.26. The summed E-state index contributed by atoms with van der Waals surface area (Å²) in [4.78, 5) is 12.8. The minimum atomic E-state index is 0.232. The molecule has 0 aliphatic heterocycles. The number of rotatable bonds is 4. The van der Waals surface area contributed by atoms with E-state index in [0.717, 1.165) is 34.6 Å². The monoisotopic (exact) mass is 344 g/mol. The number of pyridine rings is 1. The first-order chi connectivity index (χ1) is 12.7. The minimum absolute atomic E-state index is 0.232. The van der Waals surface area contributed by atoms with E-state index in [1.165, 1.54) is 0 Å². The Labute approximate surface area is 153 Å². The van der Waals surface area contributed by atoms with Crippen LogP contribution in [0.4, 0.5) is 5.95 Å². The van der Waals surface area contributed by atoms with Gasteiger partial charge in [0.25, 0.3) is 0 Å². The van der Waals surface area contributed by atoms with Gasteiger partial charge in [-0.2, -0.15) is 0 Å². The number of nitrogens with two attached hydrogens (primary N) is 1. The van der Waals surface area contributed by atoms with Gasteiger partial charge < -0.3 is 10.5 Å². The second-order valence-electron chi connectivity index (χ2n) is 5.76. The summed E-state index contributed by atoms with van der Waals surface area (Å²) in [7, 11) is 0. The van der Waals surface area contributed by atoms with E-state index in [9.17, 15) is 0 Å². The number of nitrogen functional groups attached to an aromatic ring is 1. The lowest BCUT2D eigenvalue weighted by Crippen LogP contribution is -2.03. The third kappa shape index (κ3) is 4.17. The zero-order chi connectivity index (χ0) is 18.4. The van der Waals surface area contributed by atoms with Gasteiger partial charge in [0.15, 0.2) is 0 Å². The van der Waals surface area contributed by atoms with Gasteiger partial charge in [0.05, 0.1) is 23.6 Å². The molecule has 0 atom stereocenters. The lowest BCUT2D eigenvalue weighted by atomic mass is 10.0. The number of hydrogen-bond donors (Lipinski definition) is 1. The van der Waals surface area contributed by atoms with E-state index >= 15 is 0 Å². The van der Waals surface area contributed by atoms with Crippen molar-refractivity contribution in [2.45, 2.75) is 20.3 Å². The number of aromatic nitrogens is 3. The predicted molar refractivity (Wildman–Crippen MR) is 103 cm³/mol. The second kappa shape index (κ2) is 8.13. The highest BCUT2D eigenvalue weighted by molar-refractivity contribution is 5.70. The first kappa shape index (κ1) is 17.4. The van der Waals surface area contributed by atoms with Crippen LogP contribution in [0.5, 0.6) is 5.75 Å². The Morgan fingerprint density at radius 3 is 2.58 bits per heavy atom. The Kier molecular flexibility index (Phi) is 5.45. The molecule has 26 heavy (non-hydrogen) atoms. The molecule has 1 aromatic carbocycles. The van der Waals surface area contributed by atoms with Gasteiger partial charge in [-0.05, 0) is 49.7 Å². The molecular formula is C21H20N4O. The standard InChI is InChI=1S/C21H20N4O/c1-3-13-26-18-9-7-17(8-10-18)20-19(15(2)24-21(22)25-20)11-6-16-5-4-12-23-14-16/h4-5,7-10,12,14H,3,13H2,1-2H3,(H2,22,24,25). The summed E-state index contributed by atoms with van der Waals surface area (Å²) in [6.07, 6.45) is 4.41. The average Bonchev–Trinajstić information content (AvgIpc) is 2.66. The van der Waals surface area contributed by atoms with E-state index in [1.54, 1.807) is 12.4 Å². The Morgan fingerprint density at radius 1 is 1.08 bits per heavy atom. The van der Waals surface area contributed by atoms with E-state index in [2.05, 4.69) is 33.7 Å². The van der Waals surface area contributed by atoms with Gasteiger partial charge in [-0.25, -0.2) is 9.97 Å². The van der Waals surface area contributed by atoms with Crippen molar-refractivity contribution in [3.05, 3.63) is 65.6 Å². The summed E-state index contributed by atoms with van der Waals surface area (Å²) < 4.78 is 5.64. The number of nitrogens with zero attached hydrogens (tertiary/aromatic N) is 3. The van der Waals surface area contributed by atoms with Gasteiger partial charge >= 0.3 is 0 Å². The van der Waals surface area contributed by atoms with E-state index in [4.69, 9.17) is 10.5 Å². The molecule has 0 amide bonds. The smallest absolute Gasteiger partial charge is 0.220 e. The van der Waals surface area contributed by atoms with Crippen LogP contribution in [0.1, 0.15) is 30.2 Å². The molecule has 130 valence electrons. The van der Waals surface area contributed by atoms with Crippen molar-refractivity contribution in [3.8, 4) is 28.8 Å². The zero-order valence-corrected chi connectivity index (χ0v) is 14.9. The lowest BCUT2D eigenvalue weighted by molar-refractivity contribution is 0.317. The number of hydrogen-bond acceptors (Lipinski definition) is 5. The first-order valence-electron chi connectivity index (χ1n) is 8.46.